The Morgan fingerprint density at radius 3 is 2.65 bits per heavy atom. The highest BCUT2D eigenvalue weighted by Gasteiger charge is 2.10. The Bertz CT molecular complexity index is 539. The van der Waals surface area contributed by atoms with E-state index in [0.717, 1.165) is 6.42 Å². The van der Waals surface area contributed by atoms with Gasteiger partial charge in [-0.3, -0.25) is 4.99 Å². The second-order valence-corrected chi connectivity index (χ2v) is 5.38. The van der Waals surface area contributed by atoms with Gasteiger partial charge in [0.1, 0.15) is 5.75 Å². The molecule has 0 heterocycles. The van der Waals surface area contributed by atoms with Crippen LogP contribution >= 0.6 is 35.6 Å². The van der Waals surface area contributed by atoms with E-state index in [0.29, 0.717) is 42.9 Å². The number of hydrogen-bond donors (Lipinski definition) is 2. The summed E-state index contributed by atoms with van der Waals surface area (Å²) < 4.78 is 39.6. The van der Waals surface area contributed by atoms with E-state index in [2.05, 4.69) is 20.4 Å². The summed E-state index contributed by atoms with van der Waals surface area (Å²) in [5, 5.41) is 6.58. The van der Waals surface area contributed by atoms with Crippen LogP contribution in [0.5, 0.6) is 5.75 Å². The highest BCUT2D eigenvalue weighted by molar-refractivity contribution is 14.0. The molecule has 0 fully saturated rings. The highest BCUT2D eigenvalue weighted by Crippen LogP contribution is 2.24. The average molecular weight is 508 g/mol. The average Bonchev–Trinajstić information content (AvgIpc) is 2.58. The number of rotatable bonds is 11. The summed E-state index contributed by atoms with van der Waals surface area (Å²) in [6.45, 7) is -0.260. The van der Waals surface area contributed by atoms with Crippen LogP contribution in [-0.4, -0.2) is 53.1 Å². The van der Waals surface area contributed by atoms with Crippen molar-refractivity contribution in [3.8, 4) is 5.75 Å². The van der Waals surface area contributed by atoms with Crippen LogP contribution in [0.1, 0.15) is 12.0 Å². The fourth-order valence-electron chi connectivity index (χ4n) is 1.92. The van der Waals surface area contributed by atoms with Crippen LogP contribution in [-0.2, 0) is 16.0 Å². The van der Waals surface area contributed by atoms with E-state index in [4.69, 9.17) is 21.1 Å². The quantitative estimate of drug-likeness (QED) is 0.208. The number of guanidine groups is 1. The lowest BCUT2D eigenvalue weighted by molar-refractivity contribution is -0.0504. The van der Waals surface area contributed by atoms with Gasteiger partial charge in [0.15, 0.2) is 5.96 Å². The second-order valence-electron chi connectivity index (χ2n) is 4.94. The van der Waals surface area contributed by atoms with Crippen LogP contribution in [0.25, 0.3) is 0 Å². The predicted molar refractivity (Wildman–Crippen MR) is 109 cm³/mol. The molecule has 6 nitrogen and oxygen atoms in total. The zero-order valence-corrected chi connectivity index (χ0v) is 17.9. The van der Waals surface area contributed by atoms with Crippen LogP contribution in [0.3, 0.4) is 0 Å². The summed E-state index contributed by atoms with van der Waals surface area (Å²) in [4.78, 5) is 4.08. The van der Waals surface area contributed by atoms with E-state index in [1.807, 2.05) is 0 Å². The molecule has 1 aromatic carbocycles. The SMILES string of the molecule is CN=C(NCCCOCCOC)NCc1cc(Cl)ccc1OC(F)F.I. The van der Waals surface area contributed by atoms with Crippen molar-refractivity contribution in [1.82, 2.24) is 10.6 Å². The molecule has 0 spiro atoms. The first-order valence-electron chi connectivity index (χ1n) is 7.81. The summed E-state index contributed by atoms with van der Waals surface area (Å²) in [6.07, 6.45) is 0.793. The minimum atomic E-state index is -2.89. The van der Waals surface area contributed by atoms with Crippen molar-refractivity contribution in [3.05, 3.63) is 28.8 Å². The van der Waals surface area contributed by atoms with Gasteiger partial charge in [-0.25, -0.2) is 0 Å². The summed E-state index contributed by atoms with van der Waals surface area (Å²) in [7, 11) is 3.25. The van der Waals surface area contributed by atoms with Gasteiger partial charge in [0.05, 0.1) is 13.2 Å². The van der Waals surface area contributed by atoms with Crippen LogP contribution in [0.2, 0.25) is 5.02 Å². The minimum Gasteiger partial charge on any atom is -0.434 e. The third-order valence-electron chi connectivity index (χ3n) is 3.10. The lowest BCUT2D eigenvalue weighted by atomic mass is 10.2. The van der Waals surface area contributed by atoms with Crippen LogP contribution in [0, 0.1) is 0 Å². The van der Waals surface area contributed by atoms with Crippen molar-refractivity contribution in [1.29, 1.82) is 0 Å². The summed E-state index contributed by atoms with van der Waals surface area (Å²) in [6, 6.07) is 4.49. The maximum atomic E-state index is 12.5. The Morgan fingerprint density at radius 2 is 2.00 bits per heavy atom. The van der Waals surface area contributed by atoms with Gasteiger partial charge in [0.2, 0.25) is 0 Å². The number of halogens is 4. The number of nitrogens with one attached hydrogen (secondary N) is 2. The largest absolute Gasteiger partial charge is 0.434 e. The summed E-state index contributed by atoms with van der Waals surface area (Å²) in [5.74, 6) is 0.619. The molecule has 2 N–H and O–H groups in total. The standard InChI is InChI=1S/C16H24ClF2N3O3.HI/c1-20-16(21-6-3-7-24-9-8-23-2)22-11-12-10-13(17)4-5-14(12)25-15(18)19;/h4-5,10,15H,3,6-9,11H2,1-2H3,(H2,20,21,22);1H. The fourth-order valence-corrected chi connectivity index (χ4v) is 2.12. The van der Waals surface area contributed by atoms with Gasteiger partial charge >= 0.3 is 6.61 Å². The van der Waals surface area contributed by atoms with Gasteiger partial charge in [-0.2, -0.15) is 8.78 Å². The van der Waals surface area contributed by atoms with E-state index in [-0.39, 0.29) is 36.3 Å². The van der Waals surface area contributed by atoms with Gasteiger partial charge in [0.25, 0.3) is 0 Å². The second kappa shape index (κ2) is 15.2. The molecule has 0 aromatic heterocycles. The van der Waals surface area contributed by atoms with Crippen molar-refractivity contribution in [2.24, 2.45) is 4.99 Å². The van der Waals surface area contributed by atoms with Crippen LogP contribution in [0.4, 0.5) is 8.78 Å². The molecule has 26 heavy (non-hydrogen) atoms. The molecule has 0 amide bonds. The smallest absolute Gasteiger partial charge is 0.387 e. The lowest BCUT2D eigenvalue weighted by Crippen LogP contribution is -2.37. The van der Waals surface area contributed by atoms with Crippen LogP contribution < -0.4 is 15.4 Å². The molecule has 0 unspecified atom stereocenters. The summed E-state index contributed by atoms with van der Waals surface area (Å²) in [5.41, 5.74) is 0.513. The first-order chi connectivity index (χ1) is 12.1. The van der Waals surface area contributed by atoms with E-state index >= 15 is 0 Å². The molecule has 0 saturated heterocycles. The topological polar surface area (TPSA) is 64.1 Å². The van der Waals surface area contributed by atoms with Gasteiger partial charge in [-0.1, -0.05) is 11.6 Å². The number of benzene rings is 1. The van der Waals surface area contributed by atoms with Crippen molar-refractivity contribution < 1.29 is 23.0 Å². The Balaban J connectivity index is 0.00000625. The predicted octanol–water partition coefficient (Wildman–Crippen LogP) is 3.28. The molecule has 1 rings (SSSR count). The number of alkyl halides is 2. The molecule has 1 aromatic rings. The van der Waals surface area contributed by atoms with Gasteiger partial charge in [0, 0.05) is 44.4 Å². The Labute approximate surface area is 174 Å². The Kier molecular flexibility index (Phi) is 14.6. The highest BCUT2D eigenvalue weighted by atomic mass is 127. The summed E-state index contributed by atoms with van der Waals surface area (Å²) >= 11 is 5.92. The maximum Gasteiger partial charge on any atom is 0.387 e. The monoisotopic (exact) mass is 507 g/mol. The molecule has 0 aliphatic rings. The zero-order valence-electron chi connectivity index (χ0n) is 14.8. The van der Waals surface area contributed by atoms with Gasteiger partial charge < -0.3 is 24.8 Å². The Hall–Kier alpha value is -0.910. The third kappa shape index (κ3) is 10.9. The third-order valence-corrected chi connectivity index (χ3v) is 3.33. The van der Waals surface area contributed by atoms with Crippen molar-refractivity contribution in [2.45, 2.75) is 19.6 Å². The van der Waals surface area contributed by atoms with Crippen LogP contribution in [0.15, 0.2) is 23.2 Å². The Morgan fingerprint density at radius 1 is 1.23 bits per heavy atom. The van der Waals surface area contributed by atoms with E-state index in [1.54, 1.807) is 20.2 Å². The first-order valence-corrected chi connectivity index (χ1v) is 8.19. The molecule has 0 bridgehead atoms. The lowest BCUT2D eigenvalue weighted by Gasteiger charge is -2.15. The molecule has 0 aliphatic carbocycles. The maximum absolute atomic E-state index is 12.5. The molecule has 150 valence electrons. The van der Waals surface area contributed by atoms with E-state index < -0.39 is 6.61 Å². The van der Waals surface area contributed by atoms with Crippen molar-refractivity contribution in [3.63, 3.8) is 0 Å². The molecule has 0 atom stereocenters. The number of hydrogen-bond acceptors (Lipinski definition) is 4. The fraction of sp³-hybridized carbons (Fsp3) is 0.562. The first kappa shape index (κ1) is 25.1. The molecule has 0 aliphatic heterocycles. The molecule has 0 radical (unpaired) electrons. The number of ether oxygens (including phenoxy) is 3. The molecular formula is C16H25ClF2IN3O3. The normalized spacial score (nSPS) is 11.2. The van der Waals surface area contributed by atoms with Gasteiger partial charge in [-0.05, 0) is 24.6 Å². The molecule has 10 heteroatoms. The van der Waals surface area contributed by atoms with E-state index in [9.17, 15) is 8.78 Å². The minimum absolute atomic E-state index is 0. The zero-order chi connectivity index (χ0) is 18.5. The van der Waals surface area contributed by atoms with E-state index in [1.165, 1.54) is 12.1 Å². The molecular weight excluding hydrogens is 483 g/mol. The van der Waals surface area contributed by atoms with Crippen molar-refractivity contribution in [2.75, 3.05) is 40.5 Å². The number of aliphatic imine (C=N–C) groups is 1. The number of methoxy groups -OCH3 is 1. The molecule has 0 saturated carbocycles. The number of nitrogens with zero attached hydrogens (tertiary/aromatic N) is 1. The van der Waals surface area contributed by atoms with Gasteiger partial charge in [-0.15, -0.1) is 24.0 Å². The van der Waals surface area contributed by atoms with Crippen molar-refractivity contribution >= 4 is 41.5 Å².